The molecule has 1 unspecified atom stereocenters. The lowest BCUT2D eigenvalue weighted by Crippen LogP contribution is -2.02. The number of aliphatic hydroxyl groups is 1. The lowest BCUT2D eigenvalue weighted by molar-refractivity contribution is 0.210. The number of phenolic OH excluding ortho intramolecular Hbond substituents is 1. The Kier molecular flexibility index (Phi) is 2.88. The number of benzene rings is 1. The monoisotopic (exact) mass is 215 g/mol. The zero-order chi connectivity index (χ0) is 11.5. The summed E-state index contributed by atoms with van der Waals surface area (Å²) in [6.07, 6.45) is 0.729. The van der Waals surface area contributed by atoms with Crippen molar-refractivity contribution in [1.29, 1.82) is 0 Å². The average molecular weight is 215 g/mol. The lowest BCUT2D eigenvalue weighted by atomic mass is 10.0. The second-order valence-corrected chi connectivity index (χ2v) is 3.72. The van der Waals surface area contributed by atoms with E-state index in [0.29, 0.717) is 11.3 Å². The van der Waals surface area contributed by atoms with Gasteiger partial charge in [-0.1, -0.05) is 17.7 Å². The van der Waals surface area contributed by atoms with Crippen LogP contribution in [-0.2, 0) is 0 Å². The van der Waals surface area contributed by atoms with Crippen molar-refractivity contribution >= 4 is 0 Å². The van der Waals surface area contributed by atoms with Gasteiger partial charge in [0.1, 0.15) is 11.9 Å². The van der Waals surface area contributed by atoms with Gasteiger partial charge in [-0.15, -0.1) is 0 Å². The first-order chi connectivity index (χ1) is 7.68. The summed E-state index contributed by atoms with van der Waals surface area (Å²) in [4.78, 5) is 4.06. The molecule has 0 bridgehead atoms. The van der Waals surface area contributed by atoms with E-state index >= 15 is 0 Å². The minimum atomic E-state index is -0.888. The van der Waals surface area contributed by atoms with Crippen molar-refractivity contribution in [2.75, 3.05) is 0 Å². The second kappa shape index (κ2) is 4.33. The van der Waals surface area contributed by atoms with Crippen LogP contribution >= 0.6 is 0 Å². The molecule has 0 amide bonds. The normalized spacial score (nSPS) is 12.4. The van der Waals surface area contributed by atoms with Crippen LogP contribution in [0.5, 0.6) is 5.75 Å². The molecule has 3 heteroatoms. The Bertz CT molecular complexity index is 483. The highest BCUT2D eigenvalue weighted by molar-refractivity contribution is 5.40. The molecule has 82 valence electrons. The van der Waals surface area contributed by atoms with Gasteiger partial charge in [-0.3, -0.25) is 4.98 Å². The zero-order valence-corrected chi connectivity index (χ0v) is 8.96. The highest BCUT2D eigenvalue weighted by Crippen LogP contribution is 2.28. The fraction of sp³-hybridized carbons (Fsp3) is 0.154. The molecule has 0 saturated heterocycles. The van der Waals surface area contributed by atoms with Gasteiger partial charge in [0.15, 0.2) is 0 Å². The molecular weight excluding hydrogens is 202 g/mol. The van der Waals surface area contributed by atoms with E-state index in [4.69, 9.17) is 0 Å². The predicted octanol–water partition coefficient (Wildman–Crippen LogP) is 2.18. The summed E-state index contributed by atoms with van der Waals surface area (Å²) in [7, 11) is 0. The third-order valence-electron chi connectivity index (χ3n) is 2.45. The molecule has 2 N–H and O–H groups in total. The molecule has 0 radical (unpaired) electrons. The molecule has 0 aliphatic carbocycles. The van der Waals surface area contributed by atoms with Gasteiger partial charge >= 0.3 is 0 Å². The van der Waals surface area contributed by atoms with Crippen LogP contribution in [0, 0.1) is 6.92 Å². The second-order valence-electron chi connectivity index (χ2n) is 3.72. The van der Waals surface area contributed by atoms with Gasteiger partial charge < -0.3 is 10.2 Å². The quantitative estimate of drug-likeness (QED) is 0.807. The number of aliphatic hydroxyl groups excluding tert-OH is 1. The minimum Gasteiger partial charge on any atom is -0.508 e. The molecule has 0 spiro atoms. The highest BCUT2D eigenvalue weighted by Gasteiger charge is 2.15. The van der Waals surface area contributed by atoms with E-state index in [0.717, 1.165) is 5.56 Å². The van der Waals surface area contributed by atoms with Crippen LogP contribution in [0.3, 0.4) is 0 Å². The van der Waals surface area contributed by atoms with Crippen molar-refractivity contribution < 1.29 is 10.2 Å². The van der Waals surface area contributed by atoms with Crippen LogP contribution in [0.25, 0.3) is 0 Å². The number of nitrogens with zero attached hydrogens (tertiary/aromatic N) is 1. The number of aryl methyl sites for hydroxylation is 1. The SMILES string of the molecule is Cc1ccc(O)c(C(O)c2ccccn2)c1. The van der Waals surface area contributed by atoms with E-state index in [2.05, 4.69) is 4.98 Å². The van der Waals surface area contributed by atoms with E-state index in [9.17, 15) is 10.2 Å². The molecule has 1 aromatic heterocycles. The van der Waals surface area contributed by atoms with E-state index in [1.54, 1.807) is 42.6 Å². The Morgan fingerprint density at radius 2 is 2.00 bits per heavy atom. The minimum absolute atomic E-state index is 0.0868. The zero-order valence-electron chi connectivity index (χ0n) is 8.96. The van der Waals surface area contributed by atoms with Crippen LogP contribution in [0.4, 0.5) is 0 Å². The topological polar surface area (TPSA) is 53.4 Å². The van der Waals surface area contributed by atoms with E-state index in [-0.39, 0.29) is 5.75 Å². The molecular formula is C13H13NO2. The molecule has 2 aromatic rings. The summed E-state index contributed by atoms with van der Waals surface area (Å²) in [5, 5.41) is 19.8. The van der Waals surface area contributed by atoms with Crippen molar-refractivity contribution in [3.05, 3.63) is 59.4 Å². The summed E-state index contributed by atoms with van der Waals surface area (Å²) in [5.41, 5.74) is 2.00. The maximum absolute atomic E-state index is 10.1. The molecule has 0 aliphatic rings. The Balaban J connectivity index is 2.41. The third-order valence-corrected chi connectivity index (χ3v) is 2.45. The number of hydrogen-bond acceptors (Lipinski definition) is 3. The van der Waals surface area contributed by atoms with Gasteiger partial charge in [-0.2, -0.15) is 0 Å². The summed E-state index contributed by atoms with van der Waals surface area (Å²) < 4.78 is 0. The smallest absolute Gasteiger partial charge is 0.125 e. The Labute approximate surface area is 94.0 Å². The fourth-order valence-electron chi connectivity index (χ4n) is 1.59. The third kappa shape index (κ3) is 2.04. The largest absolute Gasteiger partial charge is 0.508 e. The molecule has 0 fully saturated rings. The van der Waals surface area contributed by atoms with E-state index in [1.807, 2.05) is 6.92 Å². The summed E-state index contributed by atoms with van der Waals surface area (Å²) in [6, 6.07) is 10.5. The molecule has 0 aliphatic heterocycles. The van der Waals surface area contributed by atoms with Crippen molar-refractivity contribution in [1.82, 2.24) is 4.98 Å². The van der Waals surface area contributed by atoms with Gasteiger partial charge in [0.2, 0.25) is 0 Å². The standard InChI is InChI=1S/C13H13NO2/c1-9-5-6-12(15)10(8-9)13(16)11-4-2-3-7-14-11/h2-8,13,15-16H,1H3. The van der Waals surface area contributed by atoms with Gasteiger partial charge in [-0.25, -0.2) is 0 Å². The van der Waals surface area contributed by atoms with E-state index < -0.39 is 6.10 Å². The number of aromatic hydroxyl groups is 1. The van der Waals surface area contributed by atoms with Gasteiger partial charge in [0.05, 0.1) is 5.69 Å². The summed E-state index contributed by atoms with van der Waals surface area (Å²) in [5.74, 6) is 0.0868. The first-order valence-corrected chi connectivity index (χ1v) is 5.07. The molecule has 3 nitrogen and oxygen atoms in total. The lowest BCUT2D eigenvalue weighted by Gasteiger charge is -2.12. The highest BCUT2D eigenvalue weighted by atomic mass is 16.3. The van der Waals surface area contributed by atoms with Crippen LogP contribution in [0.15, 0.2) is 42.6 Å². The molecule has 2 rings (SSSR count). The summed E-state index contributed by atoms with van der Waals surface area (Å²) in [6.45, 7) is 1.91. The average Bonchev–Trinajstić information content (AvgIpc) is 2.32. The van der Waals surface area contributed by atoms with Crippen LogP contribution in [0.2, 0.25) is 0 Å². The molecule has 0 saturated carbocycles. The number of hydrogen-bond donors (Lipinski definition) is 2. The van der Waals surface area contributed by atoms with E-state index in [1.165, 1.54) is 0 Å². The Hall–Kier alpha value is -1.87. The van der Waals surface area contributed by atoms with Crippen molar-refractivity contribution in [2.45, 2.75) is 13.0 Å². The Morgan fingerprint density at radius 1 is 1.19 bits per heavy atom. The molecule has 1 atom stereocenters. The molecule has 1 heterocycles. The maximum Gasteiger partial charge on any atom is 0.125 e. The van der Waals surface area contributed by atoms with Gasteiger partial charge in [-0.05, 0) is 31.2 Å². The van der Waals surface area contributed by atoms with Crippen molar-refractivity contribution in [3.63, 3.8) is 0 Å². The van der Waals surface area contributed by atoms with Crippen LogP contribution in [0.1, 0.15) is 22.9 Å². The Morgan fingerprint density at radius 3 is 2.69 bits per heavy atom. The van der Waals surface area contributed by atoms with Crippen molar-refractivity contribution in [3.8, 4) is 5.75 Å². The fourth-order valence-corrected chi connectivity index (χ4v) is 1.59. The summed E-state index contributed by atoms with van der Waals surface area (Å²) >= 11 is 0. The first-order valence-electron chi connectivity index (χ1n) is 5.07. The number of rotatable bonds is 2. The predicted molar refractivity (Wildman–Crippen MR) is 61.1 cm³/mol. The number of phenols is 1. The van der Waals surface area contributed by atoms with Crippen LogP contribution < -0.4 is 0 Å². The van der Waals surface area contributed by atoms with Crippen molar-refractivity contribution in [2.24, 2.45) is 0 Å². The van der Waals surface area contributed by atoms with Gasteiger partial charge in [0, 0.05) is 11.8 Å². The molecule has 16 heavy (non-hydrogen) atoms. The molecule has 1 aromatic carbocycles. The first kappa shape index (κ1) is 10.6. The van der Waals surface area contributed by atoms with Crippen LogP contribution in [-0.4, -0.2) is 15.2 Å². The number of pyridine rings is 1. The van der Waals surface area contributed by atoms with Gasteiger partial charge in [0.25, 0.3) is 0 Å². The maximum atomic E-state index is 10.1. The number of aromatic nitrogens is 1.